The van der Waals surface area contributed by atoms with Crippen LogP contribution < -0.4 is 5.32 Å². The first-order chi connectivity index (χ1) is 11.8. The first-order valence-electron chi connectivity index (χ1n) is 9.45. The summed E-state index contributed by atoms with van der Waals surface area (Å²) in [5.41, 5.74) is 1.30. The van der Waals surface area contributed by atoms with Crippen LogP contribution in [0.5, 0.6) is 0 Å². The maximum atomic E-state index is 12.8. The van der Waals surface area contributed by atoms with Crippen LogP contribution in [0.25, 0.3) is 0 Å². The van der Waals surface area contributed by atoms with Crippen molar-refractivity contribution in [3.05, 3.63) is 35.9 Å². The maximum Gasteiger partial charge on any atom is 0.222 e. The molecule has 1 amide bonds. The standard InChI is InChI=1S/C20H30N2O2.ClH/c23-20(7-6-18-8-12-21-13-9-18)22(19-11-15-24-16-19)14-10-17-4-2-1-3-5-17;/h1-5,18-19,21H,6-16H2;1H. The molecule has 4 nitrogen and oxygen atoms in total. The zero-order valence-corrected chi connectivity index (χ0v) is 15.8. The zero-order valence-electron chi connectivity index (χ0n) is 15.0. The molecule has 2 aliphatic rings. The molecule has 0 aliphatic carbocycles. The summed E-state index contributed by atoms with van der Waals surface area (Å²) in [5.74, 6) is 1.03. The van der Waals surface area contributed by atoms with Crippen LogP contribution in [0.3, 0.4) is 0 Å². The molecule has 0 aromatic heterocycles. The van der Waals surface area contributed by atoms with Crippen LogP contribution in [0.4, 0.5) is 0 Å². The first kappa shape index (κ1) is 20.2. The van der Waals surface area contributed by atoms with E-state index < -0.39 is 0 Å². The number of nitrogens with one attached hydrogen (secondary N) is 1. The van der Waals surface area contributed by atoms with Crippen LogP contribution in [0.15, 0.2) is 30.3 Å². The fraction of sp³-hybridized carbons (Fsp3) is 0.650. The molecule has 0 saturated carbocycles. The van der Waals surface area contributed by atoms with Gasteiger partial charge in [-0.1, -0.05) is 30.3 Å². The van der Waals surface area contributed by atoms with Gasteiger partial charge in [0.25, 0.3) is 0 Å². The Hall–Kier alpha value is -1.10. The molecule has 1 aromatic rings. The summed E-state index contributed by atoms with van der Waals surface area (Å²) in [6.07, 6.45) is 6.06. The molecule has 1 aromatic carbocycles. The Balaban J connectivity index is 0.00000225. The van der Waals surface area contributed by atoms with Crippen molar-refractivity contribution >= 4 is 18.3 Å². The minimum absolute atomic E-state index is 0. The third kappa shape index (κ3) is 6.28. The highest BCUT2D eigenvalue weighted by Gasteiger charge is 2.27. The van der Waals surface area contributed by atoms with Crippen molar-refractivity contribution in [2.45, 2.75) is 44.6 Å². The van der Waals surface area contributed by atoms with Crippen LogP contribution in [-0.4, -0.2) is 49.7 Å². The molecule has 1 N–H and O–H groups in total. The molecule has 140 valence electrons. The molecule has 25 heavy (non-hydrogen) atoms. The maximum absolute atomic E-state index is 12.8. The molecule has 2 heterocycles. The molecule has 0 spiro atoms. The smallest absolute Gasteiger partial charge is 0.222 e. The average molecular weight is 367 g/mol. The van der Waals surface area contributed by atoms with E-state index in [9.17, 15) is 4.79 Å². The number of hydrogen-bond donors (Lipinski definition) is 1. The molecule has 2 fully saturated rings. The van der Waals surface area contributed by atoms with Crippen molar-refractivity contribution in [3.63, 3.8) is 0 Å². The number of amides is 1. The van der Waals surface area contributed by atoms with Gasteiger partial charge in [-0.2, -0.15) is 0 Å². The lowest BCUT2D eigenvalue weighted by molar-refractivity contribution is -0.134. The number of carbonyl (C=O) groups is 1. The van der Waals surface area contributed by atoms with Crippen molar-refractivity contribution in [1.29, 1.82) is 0 Å². The summed E-state index contributed by atoms with van der Waals surface area (Å²) in [6, 6.07) is 10.7. The Morgan fingerprint density at radius 2 is 1.92 bits per heavy atom. The number of benzene rings is 1. The molecular formula is C20H31ClN2O2. The molecule has 1 unspecified atom stereocenters. The van der Waals surface area contributed by atoms with Crippen LogP contribution in [0.2, 0.25) is 0 Å². The van der Waals surface area contributed by atoms with E-state index in [4.69, 9.17) is 4.74 Å². The lowest BCUT2D eigenvalue weighted by Crippen LogP contribution is -2.42. The fourth-order valence-corrected chi connectivity index (χ4v) is 3.81. The van der Waals surface area contributed by atoms with E-state index >= 15 is 0 Å². The number of halogens is 1. The lowest BCUT2D eigenvalue weighted by Gasteiger charge is -2.29. The van der Waals surface area contributed by atoms with Gasteiger partial charge >= 0.3 is 0 Å². The predicted molar refractivity (Wildman–Crippen MR) is 103 cm³/mol. The Kier molecular flexibility index (Phi) is 8.73. The molecule has 2 aliphatic heterocycles. The van der Waals surface area contributed by atoms with Crippen LogP contribution in [0.1, 0.15) is 37.7 Å². The van der Waals surface area contributed by atoms with Gasteiger partial charge in [-0.3, -0.25) is 4.79 Å². The SMILES string of the molecule is Cl.O=C(CCC1CCNCC1)N(CCc1ccccc1)C1CCOC1. The number of hydrogen-bond acceptors (Lipinski definition) is 3. The van der Waals surface area contributed by atoms with Gasteiger partial charge in [0.15, 0.2) is 0 Å². The largest absolute Gasteiger partial charge is 0.379 e. The summed E-state index contributed by atoms with van der Waals surface area (Å²) in [4.78, 5) is 14.9. The van der Waals surface area contributed by atoms with Crippen molar-refractivity contribution in [2.75, 3.05) is 32.8 Å². The Morgan fingerprint density at radius 1 is 1.16 bits per heavy atom. The Bertz CT molecular complexity index is 500. The number of carbonyl (C=O) groups excluding carboxylic acids is 1. The molecule has 2 saturated heterocycles. The number of nitrogens with zero attached hydrogens (tertiary/aromatic N) is 1. The van der Waals surface area contributed by atoms with E-state index in [0.717, 1.165) is 45.5 Å². The van der Waals surface area contributed by atoms with Crippen molar-refractivity contribution in [3.8, 4) is 0 Å². The zero-order chi connectivity index (χ0) is 16.6. The topological polar surface area (TPSA) is 41.6 Å². The highest BCUT2D eigenvalue weighted by Crippen LogP contribution is 2.21. The summed E-state index contributed by atoms with van der Waals surface area (Å²) in [7, 11) is 0. The van der Waals surface area contributed by atoms with E-state index in [1.165, 1.54) is 18.4 Å². The number of piperidine rings is 1. The molecule has 0 radical (unpaired) electrons. The summed E-state index contributed by atoms with van der Waals surface area (Å²) >= 11 is 0. The van der Waals surface area contributed by atoms with Crippen molar-refractivity contribution < 1.29 is 9.53 Å². The van der Waals surface area contributed by atoms with E-state index in [2.05, 4.69) is 34.5 Å². The van der Waals surface area contributed by atoms with Crippen molar-refractivity contribution in [1.82, 2.24) is 10.2 Å². The summed E-state index contributed by atoms with van der Waals surface area (Å²) < 4.78 is 5.53. The third-order valence-electron chi connectivity index (χ3n) is 5.38. The molecule has 1 atom stereocenters. The Labute approximate surface area is 157 Å². The highest BCUT2D eigenvalue weighted by molar-refractivity contribution is 5.85. The molecule has 3 rings (SSSR count). The van der Waals surface area contributed by atoms with E-state index in [0.29, 0.717) is 24.9 Å². The number of ether oxygens (including phenoxy) is 1. The summed E-state index contributed by atoms with van der Waals surface area (Å²) in [6.45, 7) is 4.51. The van der Waals surface area contributed by atoms with Crippen LogP contribution >= 0.6 is 12.4 Å². The fourth-order valence-electron chi connectivity index (χ4n) is 3.81. The van der Waals surface area contributed by atoms with Crippen LogP contribution in [0, 0.1) is 5.92 Å². The van der Waals surface area contributed by atoms with E-state index in [1.807, 2.05) is 6.07 Å². The third-order valence-corrected chi connectivity index (χ3v) is 5.38. The second kappa shape index (κ2) is 10.8. The minimum Gasteiger partial charge on any atom is -0.379 e. The lowest BCUT2D eigenvalue weighted by atomic mass is 9.93. The van der Waals surface area contributed by atoms with Crippen molar-refractivity contribution in [2.24, 2.45) is 5.92 Å². The van der Waals surface area contributed by atoms with Gasteiger partial charge in [-0.05, 0) is 56.7 Å². The van der Waals surface area contributed by atoms with E-state index in [1.54, 1.807) is 0 Å². The second-order valence-corrected chi connectivity index (χ2v) is 7.07. The summed E-state index contributed by atoms with van der Waals surface area (Å²) in [5, 5.41) is 3.40. The van der Waals surface area contributed by atoms with Gasteiger partial charge in [0.1, 0.15) is 0 Å². The van der Waals surface area contributed by atoms with Crippen LogP contribution in [-0.2, 0) is 16.0 Å². The van der Waals surface area contributed by atoms with Gasteiger partial charge in [-0.15, -0.1) is 12.4 Å². The normalized spacial score (nSPS) is 20.9. The molecular weight excluding hydrogens is 336 g/mol. The molecule has 0 bridgehead atoms. The monoisotopic (exact) mass is 366 g/mol. The van der Waals surface area contributed by atoms with Gasteiger partial charge in [0.2, 0.25) is 5.91 Å². The van der Waals surface area contributed by atoms with Gasteiger partial charge in [0.05, 0.1) is 12.6 Å². The van der Waals surface area contributed by atoms with Gasteiger partial charge in [-0.25, -0.2) is 0 Å². The molecule has 5 heteroatoms. The Morgan fingerprint density at radius 3 is 2.60 bits per heavy atom. The quantitative estimate of drug-likeness (QED) is 0.806. The van der Waals surface area contributed by atoms with E-state index in [-0.39, 0.29) is 18.4 Å². The highest BCUT2D eigenvalue weighted by atomic mass is 35.5. The van der Waals surface area contributed by atoms with Gasteiger partial charge < -0.3 is 15.0 Å². The van der Waals surface area contributed by atoms with Gasteiger partial charge in [0, 0.05) is 19.6 Å². The second-order valence-electron chi connectivity index (χ2n) is 7.07. The predicted octanol–water partition coefficient (Wildman–Crippen LogP) is 3.05. The minimum atomic E-state index is 0. The number of rotatable bonds is 7. The average Bonchev–Trinajstić information content (AvgIpc) is 3.16. The first-order valence-corrected chi connectivity index (χ1v) is 9.45.